The van der Waals surface area contributed by atoms with Crippen LogP contribution in [0.5, 0.6) is 0 Å². The molecule has 0 radical (unpaired) electrons. The van der Waals surface area contributed by atoms with Gasteiger partial charge in [0.05, 0.1) is 6.61 Å². The molecule has 2 aromatic heterocycles. The van der Waals surface area contributed by atoms with E-state index >= 15 is 0 Å². The lowest BCUT2D eigenvalue weighted by atomic mass is 10.0. The molecule has 0 spiro atoms. The van der Waals surface area contributed by atoms with Crippen molar-refractivity contribution >= 4 is 11.6 Å². The Morgan fingerprint density at radius 2 is 2.04 bits per heavy atom. The number of hydrogen-bond donors (Lipinski definition) is 1. The van der Waals surface area contributed by atoms with Crippen molar-refractivity contribution in [1.82, 2.24) is 14.6 Å². The normalized spacial score (nSPS) is 11.0. The maximum Gasteiger partial charge on any atom is 0.343 e. The topological polar surface area (TPSA) is 76.5 Å². The van der Waals surface area contributed by atoms with E-state index in [0.717, 1.165) is 0 Å². The van der Waals surface area contributed by atoms with E-state index < -0.39 is 5.97 Å². The van der Waals surface area contributed by atoms with E-state index in [1.165, 1.54) is 10.6 Å². The molecule has 0 saturated carbocycles. The summed E-state index contributed by atoms with van der Waals surface area (Å²) in [6, 6.07) is 6.30. The number of aromatic amines is 1. The number of ether oxygens (including phenoxy) is 1. The Bertz CT molecular complexity index is 1020. The van der Waals surface area contributed by atoms with Gasteiger partial charge in [-0.25, -0.2) is 18.7 Å². The highest BCUT2D eigenvalue weighted by Gasteiger charge is 2.22. The number of H-pyrrole nitrogens is 1. The van der Waals surface area contributed by atoms with Crippen LogP contribution in [0.3, 0.4) is 0 Å². The maximum atomic E-state index is 13.9. The predicted molar refractivity (Wildman–Crippen MR) is 90.4 cm³/mol. The van der Waals surface area contributed by atoms with Crippen LogP contribution in [0.2, 0.25) is 0 Å². The van der Waals surface area contributed by atoms with E-state index in [1.807, 2.05) is 0 Å². The SMILES string of the molecule is CCOC(=O)c1c(C)[nH]n2c(=O)c(Cc3ccccc3F)c(C)nc12. The number of rotatable bonds is 4. The summed E-state index contributed by atoms with van der Waals surface area (Å²) in [5, 5.41) is 2.85. The van der Waals surface area contributed by atoms with Crippen molar-refractivity contribution in [1.29, 1.82) is 0 Å². The van der Waals surface area contributed by atoms with E-state index in [-0.39, 0.29) is 35.6 Å². The highest BCUT2D eigenvalue weighted by Crippen LogP contribution is 2.17. The van der Waals surface area contributed by atoms with Crippen LogP contribution in [0.4, 0.5) is 4.39 Å². The summed E-state index contributed by atoms with van der Waals surface area (Å²) in [4.78, 5) is 29.4. The summed E-state index contributed by atoms with van der Waals surface area (Å²) in [5.74, 6) is -0.909. The molecule has 25 heavy (non-hydrogen) atoms. The first kappa shape index (κ1) is 16.9. The van der Waals surface area contributed by atoms with Crippen molar-refractivity contribution in [3.8, 4) is 0 Å². The number of carbonyl (C=O) groups excluding carboxylic acids is 1. The smallest absolute Gasteiger partial charge is 0.343 e. The number of fused-ring (bicyclic) bond motifs is 1. The second-order valence-electron chi connectivity index (χ2n) is 5.74. The van der Waals surface area contributed by atoms with Gasteiger partial charge in [-0.05, 0) is 32.4 Å². The average Bonchev–Trinajstić information content (AvgIpc) is 2.89. The molecular weight excluding hydrogens is 325 g/mol. The highest BCUT2D eigenvalue weighted by atomic mass is 19.1. The zero-order valence-electron chi connectivity index (χ0n) is 14.2. The van der Waals surface area contributed by atoms with E-state index in [2.05, 4.69) is 10.1 Å². The van der Waals surface area contributed by atoms with Crippen molar-refractivity contribution in [2.24, 2.45) is 0 Å². The molecule has 1 N–H and O–H groups in total. The Morgan fingerprint density at radius 3 is 2.72 bits per heavy atom. The Kier molecular flexibility index (Phi) is 4.39. The van der Waals surface area contributed by atoms with E-state index in [9.17, 15) is 14.0 Å². The lowest BCUT2D eigenvalue weighted by molar-refractivity contribution is 0.0527. The number of carbonyl (C=O) groups is 1. The van der Waals surface area contributed by atoms with Crippen LogP contribution in [0.15, 0.2) is 29.1 Å². The molecule has 2 heterocycles. The number of nitrogens with one attached hydrogen (secondary N) is 1. The molecule has 0 aliphatic rings. The van der Waals surface area contributed by atoms with Gasteiger partial charge < -0.3 is 4.74 Å². The Labute approximate surface area is 143 Å². The average molecular weight is 343 g/mol. The van der Waals surface area contributed by atoms with Crippen molar-refractivity contribution in [3.63, 3.8) is 0 Å². The standard InChI is InChI=1S/C18H18FN3O3/c1-4-25-18(24)15-11(3)21-22-16(15)20-10(2)13(17(22)23)9-12-7-5-6-8-14(12)19/h5-8,21H,4,9H2,1-3H3. The Hall–Kier alpha value is -2.96. The molecule has 6 nitrogen and oxygen atoms in total. The molecule has 3 aromatic rings. The first-order valence-corrected chi connectivity index (χ1v) is 7.95. The molecular formula is C18H18FN3O3. The Morgan fingerprint density at radius 1 is 1.32 bits per heavy atom. The number of hydrogen-bond acceptors (Lipinski definition) is 4. The third-order valence-electron chi connectivity index (χ3n) is 4.07. The zero-order chi connectivity index (χ0) is 18.1. The lowest BCUT2D eigenvalue weighted by Gasteiger charge is -2.07. The number of aryl methyl sites for hydroxylation is 2. The van der Waals surface area contributed by atoms with Crippen molar-refractivity contribution < 1.29 is 13.9 Å². The summed E-state index contributed by atoms with van der Waals surface area (Å²) in [6.45, 7) is 5.28. The zero-order valence-corrected chi connectivity index (χ0v) is 14.2. The molecule has 0 bridgehead atoms. The molecule has 0 aliphatic carbocycles. The van der Waals surface area contributed by atoms with Gasteiger partial charge in [0.25, 0.3) is 5.56 Å². The summed E-state index contributed by atoms with van der Waals surface area (Å²) >= 11 is 0. The minimum Gasteiger partial charge on any atom is -0.462 e. The van der Waals surface area contributed by atoms with Crippen molar-refractivity contribution in [3.05, 3.63) is 68.5 Å². The first-order chi connectivity index (χ1) is 11.9. The van der Waals surface area contributed by atoms with Crippen LogP contribution in [0.1, 0.15) is 39.8 Å². The molecule has 0 amide bonds. The summed E-state index contributed by atoms with van der Waals surface area (Å²) in [6.07, 6.45) is 0.125. The number of aromatic nitrogens is 3. The van der Waals surface area contributed by atoms with E-state index in [0.29, 0.717) is 22.5 Å². The summed E-state index contributed by atoms with van der Waals surface area (Å²) < 4.78 is 20.2. The number of benzene rings is 1. The van der Waals surface area contributed by atoms with Gasteiger partial charge in [-0.2, -0.15) is 0 Å². The van der Waals surface area contributed by atoms with Crippen LogP contribution in [0.25, 0.3) is 5.65 Å². The molecule has 0 unspecified atom stereocenters. The lowest BCUT2D eigenvalue weighted by Crippen LogP contribution is -2.23. The third-order valence-corrected chi connectivity index (χ3v) is 4.07. The first-order valence-electron chi connectivity index (χ1n) is 7.95. The van der Waals surface area contributed by atoms with Crippen LogP contribution in [-0.4, -0.2) is 27.2 Å². The number of esters is 1. The van der Waals surface area contributed by atoms with E-state index in [4.69, 9.17) is 4.74 Å². The fourth-order valence-electron chi connectivity index (χ4n) is 2.81. The molecule has 0 fully saturated rings. The highest BCUT2D eigenvalue weighted by molar-refractivity contribution is 5.97. The molecule has 0 aliphatic heterocycles. The van der Waals surface area contributed by atoms with Gasteiger partial charge in [0.1, 0.15) is 11.4 Å². The molecule has 3 rings (SSSR count). The van der Waals surface area contributed by atoms with Crippen LogP contribution in [-0.2, 0) is 11.2 Å². The van der Waals surface area contributed by atoms with Crippen LogP contribution < -0.4 is 5.56 Å². The van der Waals surface area contributed by atoms with Crippen molar-refractivity contribution in [2.45, 2.75) is 27.2 Å². The second-order valence-corrected chi connectivity index (χ2v) is 5.74. The molecule has 7 heteroatoms. The molecule has 1 aromatic carbocycles. The van der Waals surface area contributed by atoms with Gasteiger partial charge in [0.2, 0.25) is 0 Å². The largest absolute Gasteiger partial charge is 0.462 e. The van der Waals surface area contributed by atoms with Gasteiger partial charge in [0, 0.05) is 23.4 Å². The van der Waals surface area contributed by atoms with Gasteiger partial charge in [0.15, 0.2) is 5.65 Å². The van der Waals surface area contributed by atoms with Gasteiger partial charge in [-0.1, -0.05) is 18.2 Å². The van der Waals surface area contributed by atoms with Crippen LogP contribution in [0, 0.1) is 19.7 Å². The fraction of sp³-hybridized carbons (Fsp3) is 0.278. The Balaban J connectivity index is 2.16. The number of halogens is 1. The van der Waals surface area contributed by atoms with Gasteiger partial charge >= 0.3 is 5.97 Å². The maximum absolute atomic E-state index is 13.9. The fourth-order valence-corrected chi connectivity index (χ4v) is 2.81. The molecule has 0 saturated heterocycles. The van der Waals surface area contributed by atoms with Gasteiger partial charge in [-0.3, -0.25) is 9.89 Å². The van der Waals surface area contributed by atoms with E-state index in [1.54, 1.807) is 39.0 Å². The number of nitrogens with zero attached hydrogens (tertiary/aromatic N) is 2. The minimum absolute atomic E-state index is 0.125. The van der Waals surface area contributed by atoms with Crippen LogP contribution >= 0.6 is 0 Å². The molecule has 0 atom stereocenters. The second kappa shape index (κ2) is 6.51. The van der Waals surface area contributed by atoms with Gasteiger partial charge in [-0.15, -0.1) is 0 Å². The third kappa shape index (κ3) is 2.93. The quantitative estimate of drug-likeness (QED) is 0.739. The molecule has 130 valence electrons. The monoisotopic (exact) mass is 343 g/mol. The summed E-state index contributed by atoms with van der Waals surface area (Å²) in [5.41, 5.74) is 1.83. The minimum atomic E-state index is -0.535. The predicted octanol–water partition coefficient (Wildman–Crippen LogP) is 2.55. The summed E-state index contributed by atoms with van der Waals surface area (Å²) in [7, 11) is 0. The van der Waals surface area contributed by atoms with Crippen molar-refractivity contribution in [2.75, 3.05) is 6.61 Å².